The molecule has 1 aliphatic rings. The molecule has 7 nitrogen and oxygen atoms in total. The van der Waals surface area contributed by atoms with Crippen molar-refractivity contribution < 1.29 is 8.94 Å². The van der Waals surface area contributed by atoms with Crippen molar-refractivity contribution in [3.05, 3.63) is 41.2 Å². The molecule has 1 fully saturated rings. The zero-order valence-electron chi connectivity index (χ0n) is 17.2. The van der Waals surface area contributed by atoms with Gasteiger partial charge in [-0.2, -0.15) is 0 Å². The second kappa shape index (κ2) is 10.8. The average molecular weight is 501 g/mol. The third-order valence-electron chi connectivity index (χ3n) is 4.96. The Labute approximate surface area is 184 Å². The summed E-state index contributed by atoms with van der Waals surface area (Å²) in [5.74, 6) is 3.86. The van der Waals surface area contributed by atoms with Gasteiger partial charge < -0.3 is 19.6 Å². The minimum atomic E-state index is 0. The lowest BCUT2D eigenvalue weighted by Gasteiger charge is -2.26. The standard InChI is InChI=1S/C20H31N5O2.HI/c1-14(2)17-11-16(27-24-17)12-22-20(21-4)23-13-18(25-9-5-6-10-25)19-8-7-15(3)26-19;/h7-8,11,14,18H,5-6,9-10,12-13H2,1-4H3,(H2,21,22,23);1H. The maximum absolute atomic E-state index is 5.91. The fourth-order valence-corrected chi connectivity index (χ4v) is 3.36. The molecule has 1 atom stereocenters. The fourth-order valence-electron chi connectivity index (χ4n) is 3.36. The van der Waals surface area contributed by atoms with Crippen LogP contribution >= 0.6 is 24.0 Å². The Morgan fingerprint density at radius 3 is 2.57 bits per heavy atom. The summed E-state index contributed by atoms with van der Waals surface area (Å²) in [6, 6.07) is 6.31. The Kier molecular flexibility index (Phi) is 8.81. The van der Waals surface area contributed by atoms with Crippen molar-refractivity contribution in [3.8, 4) is 0 Å². The van der Waals surface area contributed by atoms with Crippen LogP contribution in [0.4, 0.5) is 0 Å². The van der Waals surface area contributed by atoms with E-state index in [1.165, 1.54) is 12.8 Å². The second-order valence-corrected chi connectivity index (χ2v) is 7.39. The van der Waals surface area contributed by atoms with Gasteiger partial charge in [-0.05, 0) is 50.9 Å². The van der Waals surface area contributed by atoms with E-state index in [9.17, 15) is 0 Å². The highest BCUT2D eigenvalue weighted by atomic mass is 127. The first kappa shape index (κ1) is 22.7. The summed E-state index contributed by atoms with van der Waals surface area (Å²) in [6.07, 6.45) is 2.49. The summed E-state index contributed by atoms with van der Waals surface area (Å²) >= 11 is 0. The Balaban J connectivity index is 0.00000280. The van der Waals surface area contributed by atoms with Gasteiger partial charge in [0.2, 0.25) is 0 Å². The van der Waals surface area contributed by atoms with Crippen molar-refractivity contribution in [2.45, 2.75) is 52.1 Å². The molecule has 0 spiro atoms. The summed E-state index contributed by atoms with van der Waals surface area (Å²) in [5, 5.41) is 10.8. The van der Waals surface area contributed by atoms with Crippen LogP contribution < -0.4 is 10.6 Å². The number of aryl methyl sites for hydroxylation is 1. The van der Waals surface area contributed by atoms with Gasteiger partial charge in [0.25, 0.3) is 0 Å². The van der Waals surface area contributed by atoms with Crippen molar-refractivity contribution in [1.82, 2.24) is 20.7 Å². The third-order valence-corrected chi connectivity index (χ3v) is 4.96. The number of guanidine groups is 1. The molecule has 1 aliphatic heterocycles. The molecule has 0 saturated carbocycles. The molecule has 28 heavy (non-hydrogen) atoms. The van der Waals surface area contributed by atoms with Gasteiger partial charge in [-0.3, -0.25) is 9.89 Å². The van der Waals surface area contributed by atoms with Crippen LogP contribution in [0.2, 0.25) is 0 Å². The smallest absolute Gasteiger partial charge is 0.191 e. The number of hydrogen-bond donors (Lipinski definition) is 2. The van der Waals surface area contributed by atoms with Gasteiger partial charge in [0.15, 0.2) is 11.7 Å². The van der Waals surface area contributed by atoms with Gasteiger partial charge in [-0.25, -0.2) is 0 Å². The number of halogens is 1. The first-order valence-electron chi connectivity index (χ1n) is 9.77. The Bertz CT molecular complexity index is 749. The predicted octanol–water partition coefficient (Wildman–Crippen LogP) is 3.82. The number of hydrogen-bond acceptors (Lipinski definition) is 5. The lowest BCUT2D eigenvalue weighted by Crippen LogP contribution is -2.42. The van der Waals surface area contributed by atoms with E-state index in [1.54, 1.807) is 7.05 Å². The molecule has 1 unspecified atom stereocenters. The summed E-state index contributed by atoms with van der Waals surface area (Å²) in [6.45, 7) is 9.69. The van der Waals surface area contributed by atoms with E-state index in [4.69, 9.17) is 8.94 Å². The molecule has 0 aromatic carbocycles. The van der Waals surface area contributed by atoms with Crippen LogP contribution in [-0.2, 0) is 6.54 Å². The molecule has 0 aliphatic carbocycles. The molecule has 0 amide bonds. The Morgan fingerprint density at radius 1 is 1.25 bits per heavy atom. The monoisotopic (exact) mass is 501 g/mol. The number of furan rings is 1. The van der Waals surface area contributed by atoms with Gasteiger partial charge in [-0.1, -0.05) is 19.0 Å². The fraction of sp³-hybridized carbons (Fsp3) is 0.600. The van der Waals surface area contributed by atoms with Crippen molar-refractivity contribution in [1.29, 1.82) is 0 Å². The first-order valence-corrected chi connectivity index (χ1v) is 9.77. The van der Waals surface area contributed by atoms with E-state index in [2.05, 4.69) is 45.6 Å². The molecule has 1 saturated heterocycles. The molecule has 2 aromatic rings. The average Bonchev–Trinajstić information content (AvgIpc) is 3.40. The van der Waals surface area contributed by atoms with Crippen LogP contribution in [0.25, 0.3) is 0 Å². The van der Waals surface area contributed by atoms with Crippen molar-refractivity contribution in [2.24, 2.45) is 4.99 Å². The topological polar surface area (TPSA) is 78.8 Å². The third kappa shape index (κ3) is 5.97. The van der Waals surface area contributed by atoms with Crippen LogP contribution in [0.3, 0.4) is 0 Å². The molecule has 2 aromatic heterocycles. The van der Waals surface area contributed by atoms with Gasteiger partial charge in [0.1, 0.15) is 11.5 Å². The number of likely N-dealkylation sites (tertiary alicyclic amines) is 1. The molecule has 0 radical (unpaired) electrons. The van der Waals surface area contributed by atoms with E-state index in [0.29, 0.717) is 12.5 Å². The molecule has 156 valence electrons. The zero-order valence-corrected chi connectivity index (χ0v) is 19.5. The number of aliphatic imine (C=N–C) groups is 1. The molecule has 8 heteroatoms. The van der Waals surface area contributed by atoms with Crippen molar-refractivity contribution >= 4 is 29.9 Å². The lowest BCUT2D eigenvalue weighted by molar-refractivity contribution is 0.213. The minimum Gasteiger partial charge on any atom is -0.465 e. The molecule has 3 rings (SSSR count). The summed E-state index contributed by atoms with van der Waals surface area (Å²) < 4.78 is 11.3. The highest BCUT2D eigenvalue weighted by Crippen LogP contribution is 2.26. The number of rotatable bonds is 7. The highest BCUT2D eigenvalue weighted by Gasteiger charge is 2.26. The van der Waals surface area contributed by atoms with Gasteiger partial charge in [0.05, 0.1) is 18.3 Å². The first-order chi connectivity index (χ1) is 13.1. The van der Waals surface area contributed by atoms with Crippen LogP contribution in [-0.4, -0.2) is 42.7 Å². The zero-order chi connectivity index (χ0) is 19.2. The van der Waals surface area contributed by atoms with Crippen LogP contribution in [0.15, 0.2) is 32.1 Å². The molecule has 2 N–H and O–H groups in total. The molecular formula is C20H32IN5O2. The number of nitrogens with one attached hydrogen (secondary N) is 2. The second-order valence-electron chi connectivity index (χ2n) is 7.39. The maximum Gasteiger partial charge on any atom is 0.191 e. The van der Waals surface area contributed by atoms with Gasteiger partial charge in [-0.15, -0.1) is 24.0 Å². The maximum atomic E-state index is 5.91. The SMILES string of the molecule is CN=C(NCc1cc(C(C)C)no1)NCC(c1ccc(C)o1)N1CCCC1.I. The summed E-state index contributed by atoms with van der Waals surface area (Å²) in [7, 11) is 1.77. The van der Waals surface area contributed by atoms with E-state index >= 15 is 0 Å². The Morgan fingerprint density at radius 2 is 2.00 bits per heavy atom. The quantitative estimate of drug-likeness (QED) is 0.341. The van der Waals surface area contributed by atoms with E-state index < -0.39 is 0 Å². The minimum absolute atomic E-state index is 0. The number of nitrogens with zero attached hydrogens (tertiary/aromatic N) is 3. The van der Waals surface area contributed by atoms with E-state index in [0.717, 1.165) is 48.6 Å². The van der Waals surface area contributed by atoms with Crippen molar-refractivity contribution in [2.75, 3.05) is 26.7 Å². The van der Waals surface area contributed by atoms with Crippen molar-refractivity contribution in [3.63, 3.8) is 0 Å². The van der Waals surface area contributed by atoms with E-state index in [-0.39, 0.29) is 30.0 Å². The summed E-state index contributed by atoms with van der Waals surface area (Å²) in [4.78, 5) is 6.80. The van der Waals surface area contributed by atoms with Gasteiger partial charge in [0, 0.05) is 19.7 Å². The highest BCUT2D eigenvalue weighted by molar-refractivity contribution is 14.0. The Hall–Kier alpha value is -1.55. The largest absolute Gasteiger partial charge is 0.465 e. The predicted molar refractivity (Wildman–Crippen MR) is 121 cm³/mol. The number of aromatic nitrogens is 1. The van der Waals surface area contributed by atoms with Crippen LogP contribution in [0.5, 0.6) is 0 Å². The van der Waals surface area contributed by atoms with Crippen LogP contribution in [0.1, 0.15) is 61.6 Å². The van der Waals surface area contributed by atoms with Gasteiger partial charge >= 0.3 is 0 Å². The summed E-state index contributed by atoms with van der Waals surface area (Å²) in [5.41, 5.74) is 0.969. The lowest BCUT2D eigenvalue weighted by atomic mass is 10.1. The van der Waals surface area contributed by atoms with E-state index in [1.807, 2.05) is 19.1 Å². The van der Waals surface area contributed by atoms with Crippen LogP contribution in [0, 0.1) is 6.92 Å². The normalized spacial score (nSPS) is 16.2. The molecule has 0 bridgehead atoms. The molecule has 3 heterocycles. The molecular weight excluding hydrogens is 469 g/mol.